The average Bonchev–Trinajstić information content (AvgIpc) is 2.31. The van der Waals surface area contributed by atoms with Gasteiger partial charge < -0.3 is 10.5 Å². The van der Waals surface area contributed by atoms with Crippen LogP contribution in [0.2, 0.25) is 0 Å². The third-order valence-electron chi connectivity index (χ3n) is 4.02. The average molecular weight is 291 g/mol. The minimum atomic E-state index is -4.69. The van der Waals surface area contributed by atoms with Gasteiger partial charge >= 0.3 is 6.18 Å². The van der Waals surface area contributed by atoms with Crippen molar-refractivity contribution in [3.8, 4) is 0 Å². The molecule has 1 unspecified atom stereocenters. The van der Waals surface area contributed by atoms with E-state index >= 15 is 0 Å². The van der Waals surface area contributed by atoms with Crippen molar-refractivity contribution in [2.24, 2.45) is 5.73 Å². The SMILES string of the molecule is COC1(CC(N)c2ccc(C(F)(F)F)c(F)c2)CCC1. The van der Waals surface area contributed by atoms with Crippen LogP contribution in [0, 0.1) is 5.82 Å². The maximum atomic E-state index is 13.5. The Hall–Kier alpha value is -1.14. The molecular formula is C14H17F4NO. The molecule has 0 saturated heterocycles. The molecule has 1 fully saturated rings. The molecule has 0 bridgehead atoms. The highest BCUT2D eigenvalue weighted by molar-refractivity contribution is 5.28. The fraction of sp³-hybridized carbons (Fsp3) is 0.571. The van der Waals surface area contributed by atoms with Gasteiger partial charge in [0.15, 0.2) is 0 Å². The van der Waals surface area contributed by atoms with Crippen molar-refractivity contribution >= 4 is 0 Å². The van der Waals surface area contributed by atoms with Crippen molar-refractivity contribution in [1.29, 1.82) is 0 Å². The molecule has 1 aromatic rings. The minimum absolute atomic E-state index is 0.307. The zero-order valence-electron chi connectivity index (χ0n) is 11.1. The highest BCUT2D eigenvalue weighted by atomic mass is 19.4. The molecule has 2 nitrogen and oxygen atoms in total. The lowest BCUT2D eigenvalue weighted by atomic mass is 9.75. The molecule has 0 amide bonds. The number of alkyl halides is 3. The maximum Gasteiger partial charge on any atom is 0.419 e. The van der Waals surface area contributed by atoms with E-state index in [1.165, 1.54) is 6.07 Å². The van der Waals surface area contributed by atoms with Gasteiger partial charge in [-0.05, 0) is 43.4 Å². The zero-order valence-corrected chi connectivity index (χ0v) is 11.1. The fourth-order valence-electron chi connectivity index (χ4n) is 2.57. The van der Waals surface area contributed by atoms with Gasteiger partial charge in [0.25, 0.3) is 0 Å². The monoisotopic (exact) mass is 291 g/mol. The molecule has 0 radical (unpaired) electrons. The zero-order chi connectivity index (χ0) is 15.0. The number of hydrogen-bond donors (Lipinski definition) is 1. The van der Waals surface area contributed by atoms with Crippen molar-refractivity contribution in [3.63, 3.8) is 0 Å². The molecule has 112 valence electrons. The van der Waals surface area contributed by atoms with Gasteiger partial charge in [0.1, 0.15) is 5.82 Å². The number of rotatable bonds is 4. The molecule has 2 rings (SSSR count). The van der Waals surface area contributed by atoms with Crippen LogP contribution in [0.4, 0.5) is 17.6 Å². The van der Waals surface area contributed by atoms with E-state index in [2.05, 4.69) is 0 Å². The van der Waals surface area contributed by atoms with E-state index in [9.17, 15) is 17.6 Å². The Morgan fingerprint density at radius 1 is 1.35 bits per heavy atom. The molecule has 0 aromatic heterocycles. The van der Waals surface area contributed by atoms with Crippen LogP contribution in [0.5, 0.6) is 0 Å². The maximum absolute atomic E-state index is 13.5. The lowest BCUT2D eigenvalue weighted by Crippen LogP contribution is -2.41. The number of halogens is 4. The van der Waals surface area contributed by atoms with Gasteiger partial charge in [0.05, 0.1) is 11.2 Å². The van der Waals surface area contributed by atoms with Crippen LogP contribution >= 0.6 is 0 Å². The Morgan fingerprint density at radius 3 is 2.40 bits per heavy atom. The smallest absolute Gasteiger partial charge is 0.378 e. The predicted molar refractivity (Wildman–Crippen MR) is 66.5 cm³/mol. The highest BCUT2D eigenvalue weighted by Gasteiger charge is 2.39. The molecule has 1 aromatic carbocycles. The summed E-state index contributed by atoms with van der Waals surface area (Å²) < 4.78 is 56.4. The fourth-order valence-corrected chi connectivity index (χ4v) is 2.57. The molecule has 0 aliphatic heterocycles. The van der Waals surface area contributed by atoms with E-state index < -0.39 is 23.6 Å². The van der Waals surface area contributed by atoms with E-state index in [-0.39, 0.29) is 5.60 Å². The van der Waals surface area contributed by atoms with E-state index in [1.54, 1.807) is 7.11 Å². The highest BCUT2D eigenvalue weighted by Crippen LogP contribution is 2.41. The van der Waals surface area contributed by atoms with E-state index in [0.29, 0.717) is 12.0 Å². The summed E-state index contributed by atoms with van der Waals surface area (Å²) in [6.07, 6.45) is -1.41. The predicted octanol–water partition coefficient (Wildman–Crippen LogP) is 3.80. The molecule has 0 spiro atoms. The molecule has 1 saturated carbocycles. The molecule has 1 aliphatic carbocycles. The lowest BCUT2D eigenvalue weighted by molar-refractivity contribution is -0.140. The van der Waals surface area contributed by atoms with Crippen LogP contribution in [0.15, 0.2) is 18.2 Å². The van der Waals surface area contributed by atoms with E-state index in [0.717, 1.165) is 31.4 Å². The summed E-state index contributed by atoms with van der Waals surface area (Å²) in [6.45, 7) is 0. The number of nitrogens with two attached hydrogens (primary N) is 1. The second kappa shape index (κ2) is 5.33. The van der Waals surface area contributed by atoms with E-state index in [4.69, 9.17) is 10.5 Å². The summed E-state index contributed by atoms with van der Waals surface area (Å²) in [6, 6.07) is 2.31. The first-order valence-electron chi connectivity index (χ1n) is 6.45. The molecule has 20 heavy (non-hydrogen) atoms. The van der Waals surface area contributed by atoms with Crippen LogP contribution in [0.3, 0.4) is 0 Å². The molecule has 6 heteroatoms. The van der Waals surface area contributed by atoms with Gasteiger partial charge in [-0.25, -0.2) is 4.39 Å². The Labute approximate surface area is 114 Å². The standard InChI is InChI=1S/C14H17F4NO/c1-20-13(5-2-6-13)8-12(19)9-3-4-10(11(15)7-9)14(16,17)18/h3-4,7,12H,2,5-6,8,19H2,1H3. The van der Waals surface area contributed by atoms with Gasteiger partial charge in [0.2, 0.25) is 0 Å². The van der Waals surface area contributed by atoms with Crippen LogP contribution in [0.25, 0.3) is 0 Å². The first-order chi connectivity index (χ1) is 9.27. The molecule has 1 aliphatic rings. The second-order valence-corrected chi connectivity index (χ2v) is 5.29. The van der Waals surface area contributed by atoms with Crippen LogP contribution < -0.4 is 5.73 Å². The summed E-state index contributed by atoms with van der Waals surface area (Å²) >= 11 is 0. The van der Waals surface area contributed by atoms with Crippen molar-refractivity contribution in [2.45, 2.75) is 43.5 Å². The summed E-state index contributed by atoms with van der Waals surface area (Å²) in [7, 11) is 1.60. The number of hydrogen-bond acceptors (Lipinski definition) is 2. The van der Waals surface area contributed by atoms with E-state index in [1.807, 2.05) is 0 Å². The quantitative estimate of drug-likeness (QED) is 0.856. The van der Waals surface area contributed by atoms with Crippen molar-refractivity contribution in [1.82, 2.24) is 0 Å². The Morgan fingerprint density at radius 2 is 2.00 bits per heavy atom. The summed E-state index contributed by atoms with van der Waals surface area (Å²) in [4.78, 5) is 0. The molecule has 1 atom stereocenters. The third-order valence-corrected chi connectivity index (χ3v) is 4.02. The van der Waals surface area contributed by atoms with Gasteiger partial charge in [-0.2, -0.15) is 13.2 Å². The summed E-state index contributed by atoms with van der Waals surface area (Å²) in [5.74, 6) is -1.29. The third kappa shape index (κ3) is 2.96. The lowest BCUT2D eigenvalue weighted by Gasteiger charge is -2.42. The first kappa shape index (κ1) is 15.3. The van der Waals surface area contributed by atoms with Crippen molar-refractivity contribution in [2.75, 3.05) is 7.11 Å². The van der Waals surface area contributed by atoms with Gasteiger partial charge in [-0.1, -0.05) is 6.07 Å². The van der Waals surface area contributed by atoms with Gasteiger partial charge in [-0.3, -0.25) is 0 Å². The Balaban J connectivity index is 2.15. The summed E-state index contributed by atoms with van der Waals surface area (Å²) in [5.41, 5.74) is 4.75. The Bertz CT molecular complexity index is 477. The number of ether oxygens (including phenoxy) is 1. The van der Waals surface area contributed by atoms with Crippen LogP contribution in [-0.4, -0.2) is 12.7 Å². The molecular weight excluding hydrogens is 274 g/mol. The van der Waals surface area contributed by atoms with Crippen molar-refractivity contribution in [3.05, 3.63) is 35.1 Å². The largest absolute Gasteiger partial charge is 0.419 e. The second-order valence-electron chi connectivity index (χ2n) is 5.29. The minimum Gasteiger partial charge on any atom is -0.378 e. The Kier molecular flexibility index (Phi) is 4.07. The van der Waals surface area contributed by atoms with Crippen LogP contribution in [0.1, 0.15) is 42.9 Å². The topological polar surface area (TPSA) is 35.2 Å². The molecule has 0 heterocycles. The van der Waals surface area contributed by atoms with Crippen LogP contribution in [-0.2, 0) is 10.9 Å². The number of benzene rings is 1. The molecule has 2 N–H and O–H groups in total. The van der Waals surface area contributed by atoms with Gasteiger partial charge in [-0.15, -0.1) is 0 Å². The van der Waals surface area contributed by atoms with Crippen molar-refractivity contribution < 1.29 is 22.3 Å². The first-order valence-corrected chi connectivity index (χ1v) is 6.45. The normalized spacial score (nSPS) is 19.5. The summed E-state index contributed by atoms with van der Waals surface area (Å²) in [5, 5.41) is 0. The number of methoxy groups -OCH3 is 1. The van der Waals surface area contributed by atoms with Gasteiger partial charge in [0, 0.05) is 13.2 Å².